The van der Waals surface area contributed by atoms with Crippen LogP contribution in [0.3, 0.4) is 0 Å². The molecule has 1 aromatic heterocycles. The molecule has 0 fully saturated rings. The molecule has 0 saturated carbocycles. The lowest BCUT2D eigenvalue weighted by atomic mass is 10.0. The van der Waals surface area contributed by atoms with Gasteiger partial charge in [-0.3, -0.25) is 9.36 Å². The second-order valence-electron chi connectivity index (χ2n) is 4.49. The van der Waals surface area contributed by atoms with Crippen molar-refractivity contribution in [2.24, 2.45) is 0 Å². The second-order valence-corrected chi connectivity index (χ2v) is 4.49. The van der Waals surface area contributed by atoms with E-state index in [1.54, 1.807) is 18.2 Å². The molecule has 3 rings (SSSR count). The number of hydrogen-bond acceptors (Lipinski definition) is 2. The number of carbonyl (C=O) groups is 2. The molecule has 0 spiro atoms. The summed E-state index contributed by atoms with van der Waals surface area (Å²) >= 11 is 0. The zero-order valence-corrected chi connectivity index (χ0v) is 10.5. The molecule has 20 heavy (non-hydrogen) atoms. The van der Waals surface area contributed by atoms with Crippen LogP contribution in [0.5, 0.6) is 0 Å². The van der Waals surface area contributed by atoms with Crippen LogP contribution >= 0.6 is 0 Å². The van der Waals surface area contributed by atoms with E-state index in [4.69, 9.17) is 5.11 Å². The molecular weight excluding hydrogens is 254 g/mol. The molecule has 0 bridgehead atoms. The molecule has 0 aliphatic carbocycles. The number of rotatable bonds is 2. The van der Waals surface area contributed by atoms with E-state index in [2.05, 4.69) is 0 Å². The van der Waals surface area contributed by atoms with Crippen molar-refractivity contribution < 1.29 is 14.7 Å². The monoisotopic (exact) mass is 265 g/mol. The van der Waals surface area contributed by atoms with Crippen LogP contribution in [0.25, 0.3) is 22.0 Å². The summed E-state index contributed by atoms with van der Waals surface area (Å²) in [5.41, 5.74) is 3.14. The van der Waals surface area contributed by atoms with Crippen LogP contribution in [0.2, 0.25) is 0 Å². The van der Waals surface area contributed by atoms with E-state index >= 15 is 0 Å². The van der Waals surface area contributed by atoms with Gasteiger partial charge in [0.2, 0.25) is 0 Å². The highest BCUT2D eigenvalue weighted by atomic mass is 16.4. The van der Waals surface area contributed by atoms with Crippen LogP contribution in [-0.2, 0) is 0 Å². The second kappa shape index (κ2) is 4.66. The van der Waals surface area contributed by atoms with Crippen molar-refractivity contribution in [3.8, 4) is 11.1 Å². The van der Waals surface area contributed by atoms with Crippen molar-refractivity contribution in [1.29, 1.82) is 0 Å². The fraction of sp³-hybridized carbons (Fsp3) is 0. The molecule has 3 aromatic rings. The van der Waals surface area contributed by atoms with Gasteiger partial charge in [0.25, 0.3) is 0 Å². The number of aromatic nitrogens is 1. The maximum atomic E-state index is 11.0. The molecular formula is C16H11NO3. The van der Waals surface area contributed by atoms with Crippen LogP contribution < -0.4 is 0 Å². The Morgan fingerprint density at radius 3 is 2.60 bits per heavy atom. The predicted octanol–water partition coefficient (Wildman–Crippen LogP) is 3.65. The lowest BCUT2D eigenvalue weighted by Gasteiger charge is -2.04. The van der Waals surface area contributed by atoms with Gasteiger partial charge in [-0.1, -0.05) is 24.3 Å². The first-order valence-electron chi connectivity index (χ1n) is 6.09. The predicted molar refractivity (Wildman–Crippen MR) is 76.2 cm³/mol. The molecule has 0 amide bonds. The smallest absolute Gasteiger partial charge is 0.415 e. The minimum absolute atomic E-state index is 0.616. The number of carbonyl (C=O) groups excluding carboxylic acids is 1. The minimum Gasteiger partial charge on any atom is -0.464 e. The number of benzene rings is 2. The summed E-state index contributed by atoms with van der Waals surface area (Å²) in [6.45, 7) is 0. The van der Waals surface area contributed by atoms with Crippen LogP contribution in [0.1, 0.15) is 10.4 Å². The molecule has 98 valence electrons. The summed E-state index contributed by atoms with van der Waals surface area (Å²) in [7, 11) is 0. The highest BCUT2D eigenvalue weighted by molar-refractivity contribution is 5.92. The van der Waals surface area contributed by atoms with Gasteiger partial charge in [0.05, 0.1) is 5.52 Å². The Hall–Kier alpha value is -2.88. The number of fused-ring (bicyclic) bond motifs is 1. The third kappa shape index (κ3) is 1.97. The van der Waals surface area contributed by atoms with E-state index < -0.39 is 6.09 Å². The highest BCUT2D eigenvalue weighted by Crippen LogP contribution is 2.25. The Morgan fingerprint density at radius 1 is 1.05 bits per heavy atom. The molecule has 2 aromatic carbocycles. The molecule has 4 heteroatoms. The number of hydrogen-bond donors (Lipinski definition) is 1. The molecule has 1 heterocycles. The standard InChI is InChI=1S/C16H11NO3/c18-10-11-2-1-3-12(8-11)13-4-5-15-14(9-13)6-7-17(15)16(19)20/h1-10H,(H,19,20). The van der Waals surface area contributed by atoms with Gasteiger partial charge < -0.3 is 5.11 Å². The van der Waals surface area contributed by atoms with Crippen molar-refractivity contribution in [3.05, 3.63) is 60.3 Å². The Morgan fingerprint density at radius 2 is 1.85 bits per heavy atom. The normalized spacial score (nSPS) is 10.6. The zero-order chi connectivity index (χ0) is 14.1. The van der Waals surface area contributed by atoms with Crippen LogP contribution in [-0.4, -0.2) is 22.1 Å². The van der Waals surface area contributed by atoms with Gasteiger partial charge >= 0.3 is 6.09 Å². The maximum absolute atomic E-state index is 11.0. The third-order valence-electron chi connectivity index (χ3n) is 3.25. The Bertz CT molecular complexity index is 817. The van der Waals surface area contributed by atoms with Crippen LogP contribution in [0, 0.1) is 0 Å². The summed E-state index contributed by atoms with van der Waals surface area (Å²) in [4.78, 5) is 21.9. The molecule has 0 saturated heterocycles. The molecule has 4 nitrogen and oxygen atoms in total. The Labute approximate surface area is 114 Å². The number of carboxylic acid groups (broad SMARTS) is 1. The molecule has 0 unspecified atom stereocenters. The van der Waals surface area contributed by atoms with Crippen LogP contribution in [0.4, 0.5) is 4.79 Å². The Kier molecular flexibility index (Phi) is 2.84. The summed E-state index contributed by atoms with van der Waals surface area (Å²) in [6, 6.07) is 14.6. The maximum Gasteiger partial charge on any atom is 0.415 e. The summed E-state index contributed by atoms with van der Waals surface area (Å²) < 4.78 is 1.18. The molecule has 1 N–H and O–H groups in total. The average Bonchev–Trinajstić information content (AvgIpc) is 2.90. The van der Waals surface area contributed by atoms with E-state index in [9.17, 15) is 9.59 Å². The molecule has 0 aliphatic heterocycles. The van der Waals surface area contributed by atoms with Gasteiger partial charge in [-0.15, -0.1) is 0 Å². The van der Waals surface area contributed by atoms with Gasteiger partial charge in [0, 0.05) is 17.1 Å². The highest BCUT2D eigenvalue weighted by Gasteiger charge is 2.08. The van der Waals surface area contributed by atoms with E-state index in [0.717, 1.165) is 22.8 Å². The molecule has 0 atom stereocenters. The van der Waals surface area contributed by atoms with E-state index in [0.29, 0.717) is 11.1 Å². The van der Waals surface area contributed by atoms with Crippen molar-refractivity contribution in [1.82, 2.24) is 4.57 Å². The molecule has 0 radical (unpaired) electrons. The summed E-state index contributed by atoms with van der Waals surface area (Å²) in [5, 5.41) is 9.90. The van der Waals surface area contributed by atoms with Crippen molar-refractivity contribution in [2.45, 2.75) is 0 Å². The van der Waals surface area contributed by atoms with Gasteiger partial charge in [-0.05, 0) is 35.4 Å². The van der Waals surface area contributed by atoms with E-state index in [-0.39, 0.29) is 0 Å². The number of nitrogens with zero attached hydrogens (tertiary/aromatic N) is 1. The SMILES string of the molecule is O=Cc1cccc(-c2ccc3c(ccn3C(=O)O)c2)c1. The minimum atomic E-state index is -1.00. The first-order valence-corrected chi connectivity index (χ1v) is 6.09. The van der Waals surface area contributed by atoms with E-state index in [1.807, 2.05) is 30.3 Å². The van der Waals surface area contributed by atoms with Gasteiger partial charge in [0.15, 0.2) is 0 Å². The first kappa shape index (κ1) is 12.2. The lowest BCUT2D eigenvalue weighted by molar-refractivity contribution is 0.112. The first-order chi connectivity index (χ1) is 9.69. The van der Waals surface area contributed by atoms with Gasteiger partial charge in [0.1, 0.15) is 6.29 Å². The quantitative estimate of drug-likeness (QED) is 0.719. The topological polar surface area (TPSA) is 59.3 Å². The summed E-state index contributed by atoms with van der Waals surface area (Å²) in [5.74, 6) is 0. The van der Waals surface area contributed by atoms with Crippen molar-refractivity contribution >= 4 is 23.3 Å². The van der Waals surface area contributed by atoms with Gasteiger partial charge in [-0.25, -0.2) is 4.79 Å². The van der Waals surface area contributed by atoms with Crippen molar-refractivity contribution in [3.63, 3.8) is 0 Å². The average molecular weight is 265 g/mol. The fourth-order valence-electron chi connectivity index (χ4n) is 2.28. The van der Waals surface area contributed by atoms with E-state index in [1.165, 1.54) is 10.8 Å². The van der Waals surface area contributed by atoms with Gasteiger partial charge in [-0.2, -0.15) is 0 Å². The fourth-order valence-corrected chi connectivity index (χ4v) is 2.28. The molecule has 0 aliphatic rings. The number of aldehydes is 1. The van der Waals surface area contributed by atoms with Crippen LogP contribution in [0.15, 0.2) is 54.7 Å². The van der Waals surface area contributed by atoms with Crippen molar-refractivity contribution in [2.75, 3.05) is 0 Å². The Balaban J connectivity index is 2.13. The third-order valence-corrected chi connectivity index (χ3v) is 3.25. The largest absolute Gasteiger partial charge is 0.464 e. The summed E-state index contributed by atoms with van der Waals surface area (Å²) in [6.07, 6.45) is 1.33. The lowest BCUT2D eigenvalue weighted by Crippen LogP contribution is -2.05. The zero-order valence-electron chi connectivity index (χ0n) is 10.5.